The van der Waals surface area contributed by atoms with Crippen LogP contribution in [0.3, 0.4) is 0 Å². The topological polar surface area (TPSA) is 178 Å². The number of thioether (sulfide) groups is 1. The van der Waals surface area contributed by atoms with Crippen LogP contribution in [-0.4, -0.2) is 103 Å². The van der Waals surface area contributed by atoms with Crippen molar-refractivity contribution in [3.05, 3.63) is 10.5 Å². The summed E-state index contributed by atoms with van der Waals surface area (Å²) in [6.07, 6.45) is 4.18. The molecule has 44 heavy (non-hydrogen) atoms. The highest BCUT2D eigenvalue weighted by Gasteiger charge is 2.68. The Kier molecular flexibility index (Phi) is 12.5. The van der Waals surface area contributed by atoms with Crippen LogP contribution in [0.15, 0.2) is 10.5 Å². The fourth-order valence-electron chi connectivity index (χ4n) is 8.73. The average molecular weight is 641 g/mol. The molecule has 0 bridgehead atoms. The summed E-state index contributed by atoms with van der Waals surface area (Å²) < 4.78 is 16.4. The number of amides is 1. The van der Waals surface area contributed by atoms with Gasteiger partial charge in [0.15, 0.2) is 11.6 Å². The van der Waals surface area contributed by atoms with Gasteiger partial charge in [0.25, 0.3) is 5.24 Å². The number of carbonyl (C=O) groups excluding carboxylic acids is 3. The molecule has 6 N–H and O–H groups in total. The number of hydrogen-bond acceptors (Lipinski definition) is 11. The molecule has 250 valence electrons. The van der Waals surface area contributed by atoms with Crippen molar-refractivity contribution in [3.63, 3.8) is 0 Å². The summed E-state index contributed by atoms with van der Waals surface area (Å²) in [6, 6.07) is 0. The molecule has 3 fully saturated rings. The van der Waals surface area contributed by atoms with Gasteiger partial charge in [-0.25, -0.2) is 0 Å². The molecule has 4 aliphatic rings. The SMILES string of the molecule is CC12CCC(=O)C(SC(=O)NCCCOCCOCCOCCCN)=C1CCC1C2[C@@H](O)CC2(C)C1CCC2(O)C(=O)CO. The molecular formula is C32H52N2O9S. The fraction of sp³-hybridized carbons (Fsp3) is 0.844. The zero-order valence-corrected chi connectivity index (χ0v) is 27.1. The number of aliphatic hydroxyl groups is 3. The third-order valence-corrected chi connectivity index (χ3v) is 11.9. The molecule has 0 aromatic carbocycles. The first kappa shape index (κ1) is 35.5. The van der Waals surface area contributed by atoms with Gasteiger partial charge >= 0.3 is 0 Å². The molecule has 0 radical (unpaired) electrons. The molecule has 3 saturated carbocycles. The van der Waals surface area contributed by atoms with Gasteiger partial charge in [0.1, 0.15) is 12.2 Å². The van der Waals surface area contributed by atoms with Gasteiger partial charge in [-0.05, 0) is 98.4 Å². The molecule has 0 aromatic heterocycles. The summed E-state index contributed by atoms with van der Waals surface area (Å²) >= 11 is 0.969. The molecule has 4 aliphatic carbocycles. The van der Waals surface area contributed by atoms with Crippen LogP contribution in [0, 0.1) is 28.6 Å². The molecule has 0 heterocycles. The lowest BCUT2D eigenvalue weighted by atomic mass is 9.45. The predicted molar refractivity (Wildman–Crippen MR) is 166 cm³/mol. The van der Waals surface area contributed by atoms with Gasteiger partial charge in [-0.1, -0.05) is 13.8 Å². The van der Waals surface area contributed by atoms with Gasteiger partial charge in [0.05, 0.1) is 37.4 Å². The second kappa shape index (κ2) is 15.5. The van der Waals surface area contributed by atoms with Crippen molar-refractivity contribution < 1.29 is 43.9 Å². The van der Waals surface area contributed by atoms with E-state index in [4.69, 9.17) is 19.9 Å². The lowest BCUT2D eigenvalue weighted by molar-refractivity contribution is -0.182. The minimum Gasteiger partial charge on any atom is -0.393 e. The highest BCUT2D eigenvalue weighted by Crippen LogP contribution is 2.68. The highest BCUT2D eigenvalue weighted by atomic mass is 32.2. The first-order valence-electron chi connectivity index (χ1n) is 16.2. The number of carbonyl (C=O) groups is 3. The summed E-state index contributed by atoms with van der Waals surface area (Å²) in [5.41, 5.74) is 3.47. The molecule has 6 unspecified atom stereocenters. The van der Waals surface area contributed by atoms with E-state index in [2.05, 4.69) is 12.2 Å². The zero-order chi connectivity index (χ0) is 32.0. The zero-order valence-electron chi connectivity index (χ0n) is 26.3. The monoisotopic (exact) mass is 640 g/mol. The second-order valence-corrected chi connectivity index (χ2v) is 14.3. The van der Waals surface area contributed by atoms with Crippen LogP contribution < -0.4 is 11.1 Å². The predicted octanol–water partition coefficient (Wildman–Crippen LogP) is 2.34. The first-order chi connectivity index (χ1) is 21.0. The highest BCUT2D eigenvalue weighted by molar-refractivity contribution is 8.17. The summed E-state index contributed by atoms with van der Waals surface area (Å²) in [7, 11) is 0. The molecule has 7 atom stereocenters. The maximum atomic E-state index is 13.1. The van der Waals surface area contributed by atoms with Crippen LogP contribution in [0.2, 0.25) is 0 Å². The van der Waals surface area contributed by atoms with Crippen LogP contribution >= 0.6 is 11.8 Å². The maximum absolute atomic E-state index is 13.1. The van der Waals surface area contributed by atoms with Crippen molar-refractivity contribution in [2.45, 2.75) is 83.3 Å². The maximum Gasteiger partial charge on any atom is 0.283 e. The smallest absolute Gasteiger partial charge is 0.283 e. The summed E-state index contributed by atoms with van der Waals surface area (Å²) in [5.74, 6) is -0.622. The van der Waals surface area contributed by atoms with Gasteiger partial charge < -0.3 is 40.6 Å². The number of ketones is 2. The van der Waals surface area contributed by atoms with Crippen molar-refractivity contribution >= 4 is 28.6 Å². The molecule has 4 rings (SSSR count). The van der Waals surface area contributed by atoms with Crippen molar-refractivity contribution in [1.82, 2.24) is 5.32 Å². The van der Waals surface area contributed by atoms with E-state index < -0.39 is 34.9 Å². The Morgan fingerprint density at radius 3 is 2.32 bits per heavy atom. The normalized spacial score (nSPS) is 34.8. The molecule has 12 heteroatoms. The van der Waals surface area contributed by atoms with E-state index in [1.807, 2.05) is 6.92 Å². The van der Waals surface area contributed by atoms with E-state index in [1.165, 1.54) is 0 Å². The number of ether oxygens (including phenoxy) is 3. The number of allylic oxidation sites excluding steroid dienone is 1. The van der Waals surface area contributed by atoms with Gasteiger partial charge in [0.2, 0.25) is 0 Å². The quantitative estimate of drug-likeness (QED) is 0.157. The lowest BCUT2D eigenvalue weighted by Gasteiger charge is -2.60. The fourth-order valence-corrected chi connectivity index (χ4v) is 9.76. The number of nitrogens with two attached hydrogens (primary N) is 1. The van der Waals surface area contributed by atoms with E-state index in [-0.39, 0.29) is 41.6 Å². The van der Waals surface area contributed by atoms with Crippen molar-refractivity contribution in [3.8, 4) is 0 Å². The molecule has 0 aliphatic heterocycles. The number of Topliss-reactive ketones (excluding diaryl/α,β-unsaturated/α-hetero) is 2. The molecule has 0 spiro atoms. The molecule has 11 nitrogen and oxygen atoms in total. The van der Waals surface area contributed by atoms with Gasteiger partial charge in [-0.15, -0.1) is 0 Å². The summed E-state index contributed by atoms with van der Waals surface area (Å²) in [6.45, 7) is 7.42. The van der Waals surface area contributed by atoms with Crippen molar-refractivity contribution in [2.24, 2.45) is 34.3 Å². The Balaban J connectivity index is 1.29. The minimum absolute atomic E-state index is 0.0249. The first-order valence-corrected chi connectivity index (χ1v) is 17.1. The summed E-state index contributed by atoms with van der Waals surface area (Å²) in [4.78, 5) is 39.2. The van der Waals surface area contributed by atoms with E-state index in [0.29, 0.717) is 89.7 Å². The number of nitrogens with one attached hydrogen (secondary N) is 1. The molecule has 0 saturated heterocycles. The van der Waals surface area contributed by atoms with Crippen LogP contribution in [-0.2, 0) is 23.8 Å². The standard InChI is InChI=1S/C32H52N2O9S/c1-30-9-8-24(36)28(44-29(39)34-12-4-14-42-16-18-43-17-15-41-13-3-11-33)23(30)6-5-21-22-7-10-32(40,26(38)20-35)31(22,2)19-25(37)27(21)30/h21-22,25,27,35,37,40H,3-20,33H2,1-2H3,(H,34,39)/t21?,22?,25-,27?,30?,31?,32?/m0/s1. The van der Waals surface area contributed by atoms with Crippen molar-refractivity contribution in [2.75, 3.05) is 59.3 Å². The average Bonchev–Trinajstić information content (AvgIpc) is 3.27. The Labute approximate surface area is 265 Å². The lowest BCUT2D eigenvalue weighted by Crippen LogP contribution is -2.62. The van der Waals surface area contributed by atoms with E-state index in [0.717, 1.165) is 30.2 Å². The second-order valence-electron chi connectivity index (χ2n) is 13.3. The van der Waals surface area contributed by atoms with Crippen LogP contribution in [0.5, 0.6) is 0 Å². The Morgan fingerprint density at radius 1 is 1.00 bits per heavy atom. The third-order valence-electron chi connectivity index (χ3n) is 10.9. The van der Waals surface area contributed by atoms with Crippen LogP contribution in [0.1, 0.15) is 71.6 Å². The third kappa shape index (κ3) is 7.12. The number of hydrogen-bond donors (Lipinski definition) is 5. The van der Waals surface area contributed by atoms with Gasteiger partial charge in [-0.2, -0.15) is 0 Å². The van der Waals surface area contributed by atoms with Gasteiger partial charge in [-0.3, -0.25) is 14.4 Å². The van der Waals surface area contributed by atoms with Crippen molar-refractivity contribution in [1.29, 1.82) is 0 Å². The molecule has 1 amide bonds. The van der Waals surface area contributed by atoms with Gasteiger partial charge in [0, 0.05) is 31.6 Å². The minimum atomic E-state index is -1.64. The van der Waals surface area contributed by atoms with E-state index >= 15 is 0 Å². The molecular weight excluding hydrogens is 588 g/mol. The molecule has 0 aromatic rings. The number of rotatable bonds is 16. The van der Waals surface area contributed by atoms with E-state index in [1.54, 1.807) is 0 Å². The largest absolute Gasteiger partial charge is 0.393 e. The number of fused-ring (bicyclic) bond motifs is 5. The van der Waals surface area contributed by atoms with Crippen LogP contribution in [0.4, 0.5) is 4.79 Å². The van der Waals surface area contributed by atoms with Crippen LogP contribution in [0.25, 0.3) is 0 Å². The number of aliphatic hydroxyl groups excluding tert-OH is 2. The Morgan fingerprint density at radius 2 is 1.66 bits per heavy atom. The Bertz CT molecular complexity index is 1070. The summed E-state index contributed by atoms with van der Waals surface area (Å²) in [5, 5.41) is 35.3. The van der Waals surface area contributed by atoms with E-state index in [9.17, 15) is 29.7 Å². The Hall–Kier alpha value is -1.38.